The zero-order chi connectivity index (χ0) is 20.5. The summed E-state index contributed by atoms with van der Waals surface area (Å²) in [6.45, 7) is 2.06. The average molecular weight is 392 g/mol. The summed E-state index contributed by atoms with van der Waals surface area (Å²) in [4.78, 5) is 37.6. The number of ketones is 1. The second-order valence-corrected chi connectivity index (χ2v) is 6.82. The maximum Gasteiger partial charge on any atom is 0.323 e. The second kappa shape index (κ2) is 7.43. The summed E-state index contributed by atoms with van der Waals surface area (Å²) in [5, 5.41) is 12.8. The van der Waals surface area contributed by atoms with E-state index < -0.39 is 11.9 Å². The first-order valence-corrected chi connectivity index (χ1v) is 9.40. The average Bonchev–Trinajstić information content (AvgIpc) is 3.03. The van der Waals surface area contributed by atoms with E-state index in [0.717, 1.165) is 0 Å². The number of hydrogen-bond acceptors (Lipinski definition) is 4. The lowest BCUT2D eigenvalue weighted by molar-refractivity contribution is -0.137. The van der Waals surface area contributed by atoms with Gasteiger partial charge in [0.2, 0.25) is 0 Å². The van der Waals surface area contributed by atoms with Gasteiger partial charge in [-0.25, -0.2) is 0 Å². The lowest BCUT2D eigenvalue weighted by Gasteiger charge is -2.24. The molecule has 7 heteroatoms. The molecular formula is C22H20N2O5. The zero-order valence-electron chi connectivity index (χ0n) is 15.8. The number of Topliss-reactive ketones (excluding diaryl/α,β-unsaturated/α-hetero) is 1. The van der Waals surface area contributed by atoms with Gasteiger partial charge in [-0.05, 0) is 25.1 Å². The van der Waals surface area contributed by atoms with Crippen LogP contribution in [-0.4, -0.2) is 40.5 Å². The zero-order valence-corrected chi connectivity index (χ0v) is 15.8. The largest absolute Gasteiger partial charge is 0.493 e. The predicted molar refractivity (Wildman–Crippen MR) is 107 cm³/mol. The number of aromatic nitrogens is 1. The molecule has 4 rings (SSSR count). The molecule has 2 heterocycles. The minimum Gasteiger partial charge on any atom is -0.493 e. The molecule has 2 N–H and O–H groups in total. The molecule has 148 valence electrons. The van der Waals surface area contributed by atoms with Crippen molar-refractivity contribution in [2.24, 2.45) is 0 Å². The fourth-order valence-electron chi connectivity index (χ4n) is 3.97. The third kappa shape index (κ3) is 3.14. The van der Waals surface area contributed by atoms with Crippen molar-refractivity contribution in [3.63, 3.8) is 0 Å². The monoisotopic (exact) mass is 392 g/mol. The van der Waals surface area contributed by atoms with Crippen LogP contribution in [0.4, 0.5) is 0 Å². The fourth-order valence-corrected chi connectivity index (χ4v) is 3.97. The molecule has 0 radical (unpaired) electrons. The molecule has 1 aliphatic heterocycles. The van der Waals surface area contributed by atoms with Gasteiger partial charge in [-0.3, -0.25) is 14.4 Å². The topological polar surface area (TPSA) is 97.6 Å². The van der Waals surface area contributed by atoms with E-state index in [4.69, 9.17) is 4.74 Å². The van der Waals surface area contributed by atoms with Crippen LogP contribution in [0.3, 0.4) is 0 Å². The Labute approximate surface area is 166 Å². The van der Waals surface area contributed by atoms with Gasteiger partial charge in [0, 0.05) is 23.0 Å². The molecular weight excluding hydrogens is 372 g/mol. The number of nitrogens with zero attached hydrogens (tertiary/aromatic N) is 1. The van der Waals surface area contributed by atoms with E-state index >= 15 is 0 Å². The third-order valence-electron chi connectivity index (χ3n) is 5.10. The molecule has 2 aromatic carbocycles. The van der Waals surface area contributed by atoms with Crippen LogP contribution in [0.15, 0.2) is 48.5 Å². The number of hydrogen-bond donors (Lipinski definition) is 2. The molecule has 1 atom stereocenters. The van der Waals surface area contributed by atoms with E-state index in [-0.39, 0.29) is 30.5 Å². The van der Waals surface area contributed by atoms with Crippen molar-refractivity contribution in [2.45, 2.75) is 19.4 Å². The molecule has 3 aromatic rings. The Hall–Kier alpha value is -3.61. The number of para-hydroxylation sites is 2. The lowest BCUT2D eigenvalue weighted by Crippen LogP contribution is -2.39. The maximum atomic E-state index is 13.5. The SMILES string of the molecule is CCOc1ccccc1C(=O)C1CNC(=O)c2c1c1ccccc1n2CC(=O)O. The van der Waals surface area contributed by atoms with Crippen molar-refractivity contribution < 1.29 is 24.2 Å². The lowest BCUT2D eigenvalue weighted by atomic mass is 9.86. The molecule has 1 unspecified atom stereocenters. The van der Waals surface area contributed by atoms with Gasteiger partial charge in [0.25, 0.3) is 5.91 Å². The summed E-state index contributed by atoms with van der Waals surface area (Å²) in [5.74, 6) is -1.75. The molecule has 1 aromatic heterocycles. The maximum absolute atomic E-state index is 13.5. The van der Waals surface area contributed by atoms with Crippen LogP contribution in [0.1, 0.15) is 39.3 Å². The Balaban J connectivity index is 1.91. The Morgan fingerprint density at radius 1 is 1.17 bits per heavy atom. The Kier molecular flexibility index (Phi) is 4.80. The van der Waals surface area contributed by atoms with Crippen molar-refractivity contribution in [1.82, 2.24) is 9.88 Å². The smallest absolute Gasteiger partial charge is 0.323 e. The van der Waals surface area contributed by atoms with Gasteiger partial charge in [-0.2, -0.15) is 0 Å². The highest BCUT2D eigenvalue weighted by Gasteiger charge is 2.37. The highest BCUT2D eigenvalue weighted by atomic mass is 16.5. The van der Waals surface area contributed by atoms with Crippen LogP contribution in [0.5, 0.6) is 5.75 Å². The number of nitrogens with one attached hydrogen (secondary N) is 1. The quantitative estimate of drug-likeness (QED) is 0.629. The number of benzene rings is 2. The molecule has 0 saturated heterocycles. The first kappa shape index (κ1) is 18.7. The van der Waals surface area contributed by atoms with E-state index in [1.807, 2.05) is 19.1 Å². The Morgan fingerprint density at radius 3 is 2.66 bits per heavy atom. The minimum atomic E-state index is -1.06. The molecule has 29 heavy (non-hydrogen) atoms. The predicted octanol–water partition coefficient (Wildman–Crippen LogP) is 2.83. The first-order chi connectivity index (χ1) is 14.0. The summed E-state index contributed by atoms with van der Waals surface area (Å²) in [6, 6.07) is 14.2. The van der Waals surface area contributed by atoms with Gasteiger partial charge in [0.15, 0.2) is 5.78 Å². The number of rotatable bonds is 6. The number of amides is 1. The van der Waals surface area contributed by atoms with Crippen LogP contribution in [0.25, 0.3) is 10.9 Å². The molecule has 0 aliphatic carbocycles. The standard InChI is InChI=1S/C22H20N2O5/c1-2-29-17-10-6-4-8-14(17)21(27)15-11-23-22(28)20-19(15)13-7-3-5-9-16(13)24(20)12-18(25)26/h3-10,15H,2,11-12H2,1H3,(H,23,28)(H,25,26). The molecule has 0 spiro atoms. The van der Waals surface area contributed by atoms with Crippen molar-refractivity contribution in [3.8, 4) is 5.75 Å². The number of carbonyl (C=O) groups is 3. The summed E-state index contributed by atoms with van der Waals surface area (Å²) < 4.78 is 7.08. The second-order valence-electron chi connectivity index (χ2n) is 6.82. The number of aliphatic carboxylic acids is 1. The van der Waals surface area contributed by atoms with Gasteiger partial charge in [0.05, 0.1) is 18.1 Å². The number of fused-ring (bicyclic) bond motifs is 3. The minimum absolute atomic E-state index is 0.145. The molecule has 0 bridgehead atoms. The van der Waals surface area contributed by atoms with E-state index in [1.165, 1.54) is 4.57 Å². The van der Waals surface area contributed by atoms with E-state index in [0.29, 0.717) is 34.4 Å². The number of carboxylic acids is 1. The number of carbonyl (C=O) groups excluding carboxylic acids is 2. The molecule has 1 aliphatic rings. The van der Waals surface area contributed by atoms with Gasteiger partial charge in [0.1, 0.15) is 18.0 Å². The highest BCUT2D eigenvalue weighted by molar-refractivity contribution is 6.11. The van der Waals surface area contributed by atoms with Crippen molar-refractivity contribution in [3.05, 3.63) is 65.4 Å². The number of carboxylic acid groups (broad SMARTS) is 1. The molecule has 0 fully saturated rings. The van der Waals surface area contributed by atoms with Gasteiger partial charge in [-0.15, -0.1) is 0 Å². The van der Waals surface area contributed by atoms with Gasteiger partial charge >= 0.3 is 5.97 Å². The highest BCUT2D eigenvalue weighted by Crippen LogP contribution is 2.37. The van der Waals surface area contributed by atoms with Crippen LogP contribution >= 0.6 is 0 Å². The van der Waals surface area contributed by atoms with E-state index in [9.17, 15) is 19.5 Å². The molecule has 0 saturated carbocycles. The van der Waals surface area contributed by atoms with Crippen molar-refractivity contribution >= 4 is 28.6 Å². The molecule has 1 amide bonds. The summed E-state index contributed by atoms with van der Waals surface area (Å²) >= 11 is 0. The van der Waals surface area contributed by atoms with Gasteiger partial charge < -0.3 is 19.7 Å². The summed E-state index contributed by atoms with van der Waals surface area (Å²) in [5.41, 5.74) is 1.86. The Morgan fingerprint density at radius 2 is 1.90 bits per heavy atom. The normalized spacial score (nSPS) is 15.6. The fraction of sp³-hybridized carbons (Fsp3) is 0.227. The van der Waals surface area contributed by atoms with E-state index in [2.05, 4.69) is 5.32 Å². The third-order valence-corrected chi connectivity index (χ3v) is 5.10. The van der Waals surface area contributed by atoms with Crippen molar-refractivity contribution in [2.75, 3.05) is 13.2 Å². The van der Waals surface area contributed by atoms with Crippen molar-refractivity contribution in [1.29, 1.82) is 0 Å². The van der Waals surface area contributed by atoms with Gasteiger partial charge in [-0.1, -0.05) is 30.3 Å². The van der Waals surface area contributed by atoms with Crippen LogP contribution < -0.4 is 10.1 Å². The van der Waals surface area contributed by atoms with Crippen LogP contribution in [0, 0.1) is 0 Å². The first-order valence-electron chi connectivity index (χ1n) is 9.40. The van der Waals surface area contributed by atoms with E-state index in [1.54, 1.807) is 36.4 Å². The summed E-state index contributed by atoms with van der Waals surface area (Å²) in [6.07, 6.45) is 0. The van der Waals surface area contributed by atoms with Crippen LogP contribution in [-0.2, 0) is 11.3 Å². The van der Waals surface area contributed by atoms with Crippen LogP contribution in [0.2, 0.25) is 0 Å². The Bertz CT molecular complexity index is 1130. The number of ether oxygens (including phenoxy) is 1. The molecule has 7 nitrogen and oxygen atoms in total. The summed E-state index contributed by atoms with van der Waals surface area (Å²) in [7, 11) is 0.